The minimum absolute atomic E-state index is 0.0146. The molecule has 16 heteroatoms. The van der Waals surface area contributed by atoms with E-state index in [4.69, 9.17) is 4.55 Å². The Morgan fingerprint density at radius 1 is 0.596 bits per heavy atom. The van der Waals surface area contributed by atoms with Crippen LogP contribution in [0.2, 0.25) is 0 Å². The zero-order chi connectivity index (χ0) is 35.9. The molecule has 0 amide bonds. The second kappa shape index (κ2) is 15.7. The average Bonchev–Trinajstić information content (AvgIpc) is 2.98. The fourth-order valence-electron chi connectivity index (χ4n) is 3.52. The highest BCUT2D eigenvalue weighted by Gasteiger charge is 2.80. The van der Waals surface area contributed by atoms with E-state index >= 15 is 0 Å². The van der Waals surface area contributed by atoms with Crippen molar-refractivity contribution in [2.75, 3.05) is 0 Å². The van der Waals surface area contributed by atoms with Crippen molar-refractivity contribution < 1.29 is 52.3 Å². The van der Waals surface area contributed by atoms with E-state index in [-0.39, 0.29) is 16.3 Å². The van der Waals surface area contributed by atoms with Gasteiger partial charge in [-0.25, -0.2) is 8.42 Å². The van der Waals surface area contributed by atoms with Crippen LogP contribution in [-0.2, 0) is 36.5 Å². The minimum atomic E-state index is -7.29. The Morgan fingerprint density at radius 2 is 0.915 bits per heavy atom. The van der Waals surface area contributed by atoms with Crippen LogP contribution in [-0.4, -0.2) is 42.4 Å². The Hall–Kier alpha value is -2.64. The highest BCUT2D eigenvalue weighted by atomic mass is 127. The normalized spacial score (nSPS) is 12.8. The van der Waals surface area contributed by atoms with Crippen molar-refractivity contribution in [3.05, 3.63) is 124 Å². The molecule has 0 heterocycles. The molecule has 6 nitrogen and oxygen atoms in total. The van der Waals surface area contributed by atoms with Gasteiger partial charge in [-0.15, -0.1) is 0 Å². The third kappa shape index (κ3) is 10.2. The Bertz CT molecular complexity index is 1650. The van der Waals surface area contributed by atoms with Gasteiger partial charge in [0.1, 0.15) is 0 Å². The Balaban J connectivity index is 0.000000254. The van der Waals surface area contributed by atoms with E-state index in [0.717, 1.165) is 0 Å². The van der Waals surface area contributed by atoms with Crippen LogP contribution < -0.4 is 0 Å². The fourth-order valence-corrected chi connectivity index (χ4v) is 6.94. The third-order valence-corrected chi connectivity index (χ3v) is 10.8. The molecule has 47 heavy (non-hydrogen) atoms. The maximum Gasteiger partial charge on any atom is 0.439 e. The molecule has 0 spiro atoms. The summed E-state index contributed by atoms with van der Waals surface area (Å²) in [6.45, 7) is 6.69. The Labute approximate surface area is 286 Å². The first-order valence-corrected chi connectivity index (χ1v) is 18.3. The van der Waals surface area contributed by atoms with Crippen molar-refractivity contribution in [3.63, 3.8) is 0 Å². The van der Waals surface area contributed by atoms with E-state index < -0.39 is 36.7 Å². The first-order chi connectivity index (χ1) is 21.4. The van der Waals surface area contributed by atoms with Gasteiger partial charge in [0.15, 0.2) is 24.8 Å². The Kier molecular flexibility index (Phi) is 13.6. The minimum Gasteiger partial charge on any atom is -0.743 e. The van der Waals surface area contributed by atoms with Crippen LogP contribution in [0, 0.1) is 3.57 Å². The second-order valence-electron chi connectivity index (χ2n) is 10.5. The van der Waals surface area contributed by atoms with Gasteiger partial charge in [0.2, 0.25) is 0 Å². The predicted molar refractivity (Wildman–Crippen MR) is 175 cm³/mol. The third-order valence-electron chi connectivity index (χ3n) is 6.02. The van der Waals surface area contributed by atoms with Gasteiger partial charge in [0.05, 0.1) is 10.9 Å². The summed E-state index contributed by atoms with van der Waals surface area (Å²) < 4.78 is 131. The molecular weight excluding hydrogens is 805 g/mol. The number of hydrogen-bond acceptors (Lipinski definition) is 5. The van der Waals surface area contributed by atoms with Gasteiger partial charge >= 0.3 is 26.5 Å². The Morgan fingerprint density at radius 3 is 1.17 bits per heavy atom. The summed E-state index contributed by atoms with van der Waals surface area (Å²) in [6.07, 6.45) is 0. The number of halogens is 7. The second-order valence-corrected chi connectivity index (χ2v) is 16.7. The topological polar surface area (TPSA) is 112 Å². The zero-order valence-corrected chi connectivity index (χ0v) is 29.4. The van der Waals surface area contributed by atoms with Crippen molar-refractivity contribution in [2.24, 2.45) is 0 Å². The van der Waals surface area contributed by atoms with Crippen LogP contribution in [0.5, 0.6) is 0 Å². The van der Waals surface area contributed by atoms with Gasteiger partial charge in [-0.2, -0.15) is 34.8 Å². The summed E-state index contributed by atoms with van der Waals surface area (Å²) in [7, 11) is -14.4. The zero-order valence-electron chi connectivity index (χ0n) is 24.8. The van der Waals surface area contributed by atoms with E-state index in [0.29, 0.717) is 0 Å². The van der Waals surface area contributed by atoms with E-state index in [1.807, 2.05) is 0 Å². The van der Waals surface area contributed by atoms with Gasteiger partial charge in [0, 0.05) is 3.57 Å². The van der Waals surface area contributed by atoms with Crippen molar-refractivity contribution in [1.82, 2.24) is 0 Å². The van der Waals surface area contributed by atoms with Gasteiger partial charge in [-0.1, -0.05) is 87.5 Å². The molecule has 0 bridgehead atoms. The molecule has 4 aromatic carbocycles. The van der Waals surface area contributed by atoms with Crippen molar-refractivity contribution in [3.8, 4) is 0 Å². The highest BCUT2D eigenvalue weighted by molar-refractivity contribution is 14.1. The molecule has 0 unspecified atom stereocenters. The van der Waals surface area contributed by atoms with E-state index in [1.165, 1.54) is 23.8 Å². The molecule has 4 aromatic rings. The van der Waals surface area contributed by atoms with Gasteiger partial charge in [-0.05, 0) is 82.1 Å². The SMILES string of the molecule is CC(C)(C)c1ccc(I)cc1.O=S(=O)([O-])C(F)(F)C(F)(F)C(F)(F)S(=O)(=O)O.c1ccc([S+](c2ccccc2)c2ccccc2)cc1. The molecule has 0 radical (unpaired) electrons. The molecule has 256 valence electrons. The molecule has 0 saturated carbocycles. The lowest BCUT2D eigenvalue weighted by Gasteiger charge is -2.31. The molecule has 0 aliphatic heterocycles. The van der Waals surface area contributed by atoms with E-state index in [2.05, 4.69) is 159 Å². The van der Waals surface area contributed by atoms with Gasteiger partial charge in [-0.3, -0.25) is 4.55 Å². The summed E-state index contributed by atoms with van der Waals surface area (Å²) in [6, 6.07) is 40.9. The smallest absolute Gasteiger partial charge is 0.439 e. The molecule has 0 saturated heterocycles. The van der Waals surface area contributed by atoms with Crippen LogP contribution in [0.25, 0.3) is 0 Å². The molecule has 0 aliphatic carbocycles. The van der Waals surface area contributed by atoms with Gasteiger partial charge < -0.3 is 4.55 Å². The van der Waals surface area contributed by atoms with Crippen molar-refractivity contribution >= 4 is 53.7 Å². The summed E-state index contributed by atoms with van der Waals surface area (Å²) in [4.78, 5) is 4.08. The first kappa shape index (κ1) is 40.5. The van der Waals surface area contributed by atoms with Crippen LogP contribution in [0.1, 0.15) is 26.3 Å². The number of alkyl halides is 6. The molecule has 0 fully saturated rings. The molecule has 4 rings (SSSR count). The van der Waals surface area contributed by atoms with Crippen LogP contribution in [0.15, 0.2) is 130 Å². The average molecular weight is 835 g/mol. The number of benzene rings is 4. The maximum atomic E-state index is 12.4. The molecule has 0 aromatic heterocycles. The molecule has 0 atom stereocenters. The molecule has 1 N–H and O–H groups in total. The fraction of sp³-hybridized carbons (Fsp3) is 0.226. The van der Waals surface area contributed by atoms with Crippen molar-refractivity contribution in [1.29, 1.82) is 0 Å². The predicted octanol–water partition coefficient (Wildman–Crippen LogP) is 8.61. The lowest BCUT2D eigenvalue weighted by molar-refractivity contribution is -0.247. The van der Waals surface area contributed by atoms with Crippen molar-refractivity contribution in [2.45, 2.75) is 57.3 Å². The summed E-state index contributed by atoms with van der Waals surface area (Å²) in [5, 5.41) is -13.8. The quantitative estimate of drug-likeness (QED) is 0.0865. The van der Waals surface area contributed by atoms with Gasteiger partial charge in [0.25, 0.3) is 0 Å². The standard InChI is InChI=1S/C18H15S.C10H13I.C3H2F6O6S2/c1-4-10-16(11-5-1)19(17-12-6-2-7-13-17)18-14-8-3-9-15-18;1-10(2,3)8-4-6-9(11)7-5-8;4-1(5,2(6,7)16(10,11)12)3(8,9)17(13,14)15/h1-15H;4-7H,1-3H3;(H,10,11,12)(H,13,14,15)/q+1;;/p-1. The summed E-state index contributed by atoms with van der Waals surface area (Å²) >= 11 is 2.32. The number of hydrogen-bond donors (Lipinski definition) is 1. The summed E-state index contributed by atoms with van der Waals surface area (Å²) in [5.41, 5.74) is 1.68. The molecular formula is C31H29F6IO6S3. The van der Waals surface area contributed by atoms with E-state index in [1.54, 1.807) is 0 Å². The lowest BCUT2D eigenvalue weighted by Crippen LogP contribution is -2.60. The van der Waals surface area contributed by atoms with Crippen LogP contribution in [0.4, 0.5) is 26.3 Å². The first-order valence-electron chi connectivity index (χ1n) is 13.2. The largest absolute Gasteiger partial charge is 0.743 e. The highest BCUT2D eigenvalue weighted by Crippen LogP contribution is 2.50. The monoisotopic (exact) mass is 834 g/mol. The number of rotatable bonds is 7. The summed E-state index contributed by atoms with van der Waals surface area (Å²) in [5.74, 6) is -7.14. The lowest BCUT2D eigenvalue weighted by atomic mass is 9.87. The van der Waals surface area contributed by atoms with E-state index in [9.17, 15) is 47.7 Å². The maximum absolute atomic E-state index is 12.4. The van der Waals surface area contributed by atoms with Crippen LogP contribution in [0.3, 0.4) is 0 Å². The molecule has 0 aliphatic rings. The van der Waals surface area contributed by atoms with Crippen LogP contribution >= 0.6 is 22.6 Å².